The molecule has 0 aromatic heterocycles. The Balaban J connectivity index is 1.81. The molecule has 1 atom stereocenters. The summed E-state index contributed by atoms with van der Waals surface area (Å²) in [5.74, 6) is -1.32. The van der Waals surface area contributed by atoms with Crippen LogP contribution in [0, 0.1) is 10.1 Å². The molecule has 5 nitrogen and oxygen atoms in total. The molecule has 0 fully saturated rings. The number of hydrogen-bond donors (Lipinski definition) is 1. The van der Waals surface area contributed by atoms with Gasteiger partial charge in [0.1, 0.15) is 0 Å². The van der Waals surface area contributed by atoms with E-state index in [9.17, 15) is 14.9 Å². The number of carboxylic acid groups (broad SMARTS) is 1. The number of aryl methyl sites for hydroxylation is 1. The predicted octanol–water partition coefficient (Wildman–Crippen LogP) is 6.03. The molecule has 0 spiro atoms. The summed E-state index contributed by atoms with van der Waals surface area (Å²) in [6.45, 7) is 0. The second-order valence-electron chi connectivity index (χ2n) is 7.41. The lowest BCUT2D eigenvalue weighted by Crippen LogP contribution is -2.28. The van der Waals surface area contributed by atoms with Gasteiger partial charge in [0.2, 0.25) is 0 Å². The van der Waals surface area contributed by atoms with E-state index in [-0.39, 0.29) is 6.42 Å². The number of hydrogen-bond acceptors (Lipinski definition) is 3. The third-order valence-electron chi connectivity index (χ3n) is 5.08. The largest absolute Gasteiger partial charge is 0.476 e. The van der Waals surface area contributed by atoms with Crippen molar-refractivity contribution in [2.45, 2.75) is 95.9 Å². The molecule has 0 bridgehead atoms. The molecule has 1 aromatic rings. The van der Waals surface area contributed by atoms with E-state index in [2.05, 4.69) is 30.3 Å². The van der Waals surface area contributed by atoms with Gasteiger partial charge in [-0.2, -0.15) is 0 Å². The molecule has 1 N–H and O–H groups in total. The predicted molar refractivity (Wildman–Crippen MR) is 109 cm³/mol. The van der Waals surface area contributed by atoms with Crippen molar-refractivity contribution in [1.29, 1.82) is 0 Å². The Labute approximate surface area is 163 Å². The molecule has 27 heavy (non-hydrogen) atoms. The van der Waals surface area contributed by atoms with Crippen LogP contribution in [0.5, 0.6) is 0 Å². The molecule has 1 rings (SSSR count). The summed E-state index contributed by atoms with van der Waals surface area (Å²) in [5.41, 5.74) is 1.44. The maximum Gasteiger partial charge on any atom is 0.379 e. The van der Waals surface area contributed by atoms with Crippen LogP contribution in [-0.4, -0.2) is 22.0 Å². The van der Waals surface area contributed by atoms with E-state index in [1.165, 1.54) is 63.4 Å². The van der Waals surface area contributed by atoms with Gasteiger partial charge in [0.25, 0.3) is 0 Å². The average molecular weight is 378 g/mol. The molecule has 0 saturated heterocycles. The van der Waals surface area contributed by atoms with E-state index in [1.807, 2.05) is 0 Å². The Morgan fingerprint density at radius 3 is 1.70 bits per heavy atom. The van der Waals surface area contributed by atoms with Crippen molar-refractivity contribution in [3.8, 4) is 0 Å². The zero-order chi connectivity index (χ0) is 19.7. The van der Waals surface area contributed by atoms with Crippen LogP contribution in [0.3, 0.4) is 0 Å². The number of benzene rings is 1. The van der Waals surface area contributed by atoms with Crippen LogP contribution in [0.15, 0.2) is 30.3 Å². The smallest absolute Gasteiger partial charge is 0.379 e. The second kappa shape index (κ2) is 15.2. The third-order valence-corrected chi connectivity index (χ3v) is 5.08. The van der Waals surface area contributed by atoms with Gasteiger partial charge in [0.05, 0.1) is 0 Å². The highest BCUT2D eigenvalue weighted by molar-refractivity contribution is 5.71. The molecule has 1 unspecified atom stereocenters. The van der Waals surface area contributed by atoms with Gasteiger partial charge in [0, 0.05) is 11.3 Å². The molecule has 0 saturated carbocycles. The molecule has 0 heterocycles. The minimum atomic E-state index is -1.43. The topological polar surface area (TPSA) is 80.4 Å². The summed E-state index contributed by atoms with van der Waals surface area (Å²) in [6.07, 6.45) is 15.4. The first-order chi connectivity index (χ1) is 13.1. The molecule has 0 aliphatic heterocycles. The summed E-state index contributed by atoms with van der Waals surface area (Å²) in [6, 6.07) is 9.25. The van der Waals surface area contributed by atoms with E-state index in [1.54, 1.807) is 0 Å². The number of nitro groups is 1. The van der Waals surface area contributed by atoms with Gasteiger partial charge in [-0.1, -0.05) is 94.5 Å². The number of carbonyl (C=O) groups is 1. The Morgan fingerprint density at radius 1 is 0.815 bits per heavy atom. The summed E-state index contributed by atoms with van der Waals surface area (Å²) in [4.78, 5) is 20.6. The summed E-state index contributed by atoms with van der Waals surface area (Å²) < 4.78 is 0. The molecule has 0 radical (unpaired) electrons. The van der Waals surface area contributed by atoms with Gasteiger partial charge in [-0.3, -0.25) is 10.1 Å². The molecular weight excluding hydrogens is 342 g/mol. The first-order valence-corrected chi connectivity index (χ1v) is 10.5. The number of carboxylic acids is 1. The number of rotatable bonds is 17. The van der Waals surface area contributed by atoms with Crippen LogP contribution in [0.2, 0.25) is 0 Å². The SMILES string of the molecule is O=C(O)C(CCCCCCCCCCCCCCc1ccccc1)[N+](=O)[O-]. The highest BCUT2D eigenvalue weighted by atomic mass is 16.6. The van der Waals surface area contributed by atoms with E-state index >= 15 is 0 Å². The minimum Gasteiger partial charge on any atom is -0.476 e. The molecule has 0 amide bonds. The fourth-order valence-corrected chi connectivity index (χ4v) is 3.40. The zero-order valence-corrected chi connectivity index (χ0v) is 16.5. The van der Waals surface area contributed by atoms with Gasteiger partial charge < -0.3 is 5.11 Å². The van der Waals surface area contributed by atoms with Crippen molar-refractivity contribution < 1.29 is 14.8 Å². The molecule has 0 aliphatic rings. The lowest BCUT2D eigenvalue weighted by Gasteiger charge is -2.05. The van der Waals surface area contributed by atoms with Crippen molar-refractivity contribution in [2.24, 2.45) is 0 Å². The summed E-state index contributed by atoms with van der Waals surface area (Å²) >= 11 is 0. The summed E-state index contributed by atoms with van der Waals surface area (Å²) in [5, 5.41) is 19.3. The summed E-state index contributed by atoms with van der Waals surface area (Å²) in [7, 11) is 0. The van der Waals surface area contributed by atoms with Crippen LogP contribution in [0.25, 0.3) is 0 Å². The Bertz CT molecular complexity index is 504. The van der Waals surface area contributed by atoms with Gasteiger partial charge in [0.15, 0.2) is 0 Å². The molecule has 0 aliphatic carbocycles. The third kappa shape index (κ3) is 12.2. The van der Waals surface area contributed by atoms with E-state index in [0.29, 0.717) is 6.42 Å². The number of aliphatic carboxylic acids is 1. The molecule has 1 aromatic carbocycles. The average Bonchev–Trinajstić information content (AvgIpc) is 2.65. The minimum absolute atomic E-state index is 0.145. The van der Waals surface area contributed by atoms with Crippen molar-refractivity contribution in [3.05, 3.63) is 46.0 Å². The van der Waals surface area contributed by atoms with Crippen LogP contribution in [0.4, 0.5) is 0 Å². The molecular formula is C22H35NO4. The highest BCUT2D eigenvalue weighted by Gasteiger charge is 2.27. The maximum atomic E-state index is 10.7. The fraction of sp³-hybridized carbons (Fsp3) is 0.682. The van der Waals surface area contributed by atoms with Crippen LogP contribution < -0.4 is 0 Å². The van der Waals surface area contributed by atoms with Gasteiger partial charge in [-0.05, 0) is 24.8 Å². The van der Waals surface area contributed by atoms with Crippen molar-refractivity contribution in [1.82, 2.24) is 0 Å². The molecule has 5 heteroatoms. The Hall–Kier alpha value is -1.91. The maximum absolute atomic E-state index is 10.7. The van der Waals surface area contributed by atoms with Gasteiger partial charge in [-0.15, -0.1) is 0 Å². The lowest BCUT2D eigenvalue weighted by molar-refractivity contribution is -0.511. The van der Waals surface area contributed by atoms with Crippen molar-refractivity contribution in [2.75, 3.05) is 0 Å². The van der Waals surface area contributed by atoms with Crippen LogP contribution >= 0.6 is 0 Å². The monoisotopic (exact) mass is 377 g/mol. The number of nitrogens with zero attached hydrogens (tertiary/aromatic N) is 1. The van der Waals surface area contributed by atoms with Gasteiger partial charge >= 0.3 is 12.0 Å². The van der Waals surface area contributed by atoms with Crippen LogP contribution in [0.1, 0.15) is 89.0 Å². The highest BCUT2D eigenvalue weighted by Crippen LogP contribution is 2.14. The van der Waals surface area contributed by atoms with Crippen molar-refractivity contribution in [3.63, 3.8) is 0 Å². The zero-order valence-electron chi connectivity index (χ0n) is 16.5. The Kier molecular flexibility index (Phi) is 13.0. The normalized spacial score (nSPS) is 12.0. The first-order valence-electron chi connectivity index (χ1n) is 10.5. The first kappa shape index (κ1) is 23.1. The van der Waals surface area contributed by atoms with E-state index in [0.717, 1.165) is 19.3 Å². The molecule has 152 valence electrons. The van der Waals surface area contributed by atoms with Gasteiger partial charge in [-0.25, -0.2) is 4.79 Å². The second-order valence-corrected chi connectivity index (χ2v) is 7.41. The van der Waals surface area contributed by atoms with E-state index < -0.39 is 16.9 Å². The van der Waals surface area contributed by atoms with Crippen LogP contribution in [-0.2, 0) is 11.2 Å². The standard InChI is InChI=1S/C22H35NO4/c24-22(25)21(23(26)27)19-15-10-8-6-4-2-1-3-5-7-9-12-16-20-17-13-11-14-18-20/h11,13-14,17-18,21H,1-10,12,15-16,19H2,(H,24,25). The lowest BCUT2D eigenvalue weighted by atomic mass is 10.0. The van der Waals surface area contributed by atoms with E-state index in [4.69, 9.17) is 5.11 Å². The number of unbranched alkanes of at least 4 members (excludes halogenated alkanes) is 11. The fourth-order valence-electron chi connectivity index (χ4n) is 3.40. The Morgan fingerprint density at radius 2 is 1.26 bits per heavy atom. The quantitative estimate of drug-likeness (QED) is 0.204. The van der Waals surface area contributed by atoms with Crippen molar-refractivity contribution >= 4 is 5.97 Å².